The summed E-state index contributed by atoms with van der Waals surface area (Å²) < 4.78 is 1.98. The van der Waals surface area contributed by atoms with Gasteiger partial charge in [0.25, 0.3) is 5.91 Å². The number of aryl methyl sites for hydroxylation is 1. The Morgan fingerprint density at radius 3 is 2.45 bits per heavy atom. The number of amides is 1. The summed E-state index contributed by atoms with van der Waals surface area (Å²) in [5, 5.41) is 13.3. The Morgan fingerprint density at radius 1 is 1.07 bits per heavy atom. The number of hydrogen-bond acceptors (Lipinski definition) is 2. The number of aromatic nitrogens is 1. The maximum absolute atomic E-state index is 12.6. The SMILES string of the molecule is Cc1cc(/C=C(/C#N)C(=O)Nc2cccc(Cl)c2Cl)c(C)n1-c1ccccc1Cl. The van der Waals surface area contributed by atoms with E-state index < -0.39 is 5.91 Å². The molecule has 0 aliphatic rings. The lowest BCUT2D eigenvalue weighted by molar-refractivity contribution is -0.112. The molecule has 3 rings (SSSR count). The van der Waals surface area contributed by atoms with Crippen LogP contribution >= 0.6 is 34.8 Å². The summed E-state index contributed by atoms with van der Waals surface area (Å²) in [6, 6.07) is 16.2. The molecule has 1 heterocycles. The number of rotatable bonds is 4. The number of nitrogens with one attached hydrogen (secondary N) is 1. The van der Waals surface area contributed by atoms with E-state index in [0.717, 1.165) is 22.6 Å². The highest BCUT2D eigenvalue weighted by atomic mass is 35.5. The first-order chi connectivity index (χ1) is 13.8. The van der Waals surface area contributed by atoms with Crippen LogP contribution in [0.2, 0.25) is 15.1 Å². The molecule has 0 bridgehead atoms. The second-order valence-corrected chi connectivity index (χ2v) is 7.53. The number of anilines is 1. The van der Waals surface area contributed by atoms with Gasteiger partial charge in [0.15, 0.2) is 0 Å². The summed E-state index contributed by atoms with van der Waals surface area (Å²) in [7, 11) is 0. The standard InChI is InChI=1S/C22H16Cl3N3O/c1-13-10-15(14(2)28(13)20-9-4-3-6-17(20)23)11-16(12-26)22(29)27-19-8-5-7-18(24)21(19)25/h3-11H,1-2H3,(H,27,29)/b16-11-. The number of benzene rings is 2. The van der Waals surface area contributed by atoms with Crippen LogP contribution in [0.4, 0.5) is 5.69 Å². The Labute approximate surface area is 183 Å². The predicted molar refractivity (Wildman–Crippen MR) is 119 cm³/mol. The highest BCUT2D eigenvalue weighted by Gasteiger charge is 2.16. The van der Waals surface area contributed by atoms with E-state index >= 15 is 0 Å². The van der Waals surface area contributed by atoms with Crippen LogP contribution in [-0.4, -0.2) is 10.5 Å². The molecule has 0 radical (unpaired) electrons. The Kier molecular flexibility index (Phi) is 6.34. The monoisotopic (exact) mass is 443 g/mol. The van der Waals surface area contributed by atoms with Gasteiger partial charge >= 0.3 is 0 Å². The third-order valence-corrected chi connectivity index (χ3v) is 5.57. The van der Waals surface area contributed by atoms with Crippen LogP contribution in [0.15, 0.2) is 54.1 Å². The molecule has 4 nitrogen and oxygen atoms in total. The van der Waals surface area contributed by atoms with Gasteiger partial charge < -0.3 is 9.88 Å². The number of carbonyl (C=O) groups is 1. The predicted octanol–water partition coefficient (Wildman–Crippen LogP) is 6.60. The van der Waals surface area contributed by atoms with E-state index in [1.54, 1.807) is 24.3 Å². The molecule has 3 aromatic rings. The number of hydrogen-bond donors (Lipinski definition) is 1. The molecule has 0 saturated heterocycles. The second-order valence-electron chi connectivity index (χ2n) is 6.34. The first-order valence-corrected chi connectivity index (χ1v) is 9.78. The molecule has 0 unspecified atom stereocenters. The average Bonchev–Trinajstić information content (AvgIpc) is 2.97. The minimum absolute atomic E-state index is 0.0551. The normalized spacial score (nSPS) is 11.2. The highest BCUT2D eigenvalue weighted by molar-refractivity contribution is 6.44. The first-order valence-electron chi connectivity index (χ1n) is 8.64. The van der Waals surface area contributed by atoms with Gasteiger partial charge in [0.2, 0.25) is 0 Å². The van der Waals surface area contributed by atoms with Gasteiger partial charge in [0, 0.05) is 11.4 Å². The van der Waals surface area contributed by atoms with Gasteiger partial charge in [-0.3, -0.25) is 4.79 Å². The Morgan fingerprint density at radius 2 is 1.76 bits per heavy atom. The van der Waals surface area contributed by atoms with Crippen LogP contribution in [0.5, 0.6) is 0 Å². The van der Waals surface area contributed by atoms with Crippen LogP contribution in [-0.2, 0) is 4.79 Å². The zero-order valence-corrected chi connectivity index (χ0v) is 17.9. The second kappa shape index (κ2) is 8.75. The van der Waals surface area contributed by atoms with Crippen LogP contribution in [0.25, 0.3) is 11.8 Å². The van der Waals surface area contributed by atoms with Gasteiger partial charge in [0.1, 0.15) is 11.6 Å². The molecule has 7 heteroatoms. The fourth-order valence-corrected chi connectivity index (χ4v) is 3.60. The summed E-state index contributed by atoms with van der Waals surface area (Å²) >= 11 is 18.4. The van der Waals surface area contributed by atoms with E-state index in [0.29, 0.717) is 15.7 Å². The highest BCUT2D eigenvalue weighted by Crippen LogP contribution is 2.30. The molecule has 0 spiro atoms. The number of nitrogens with zero attached hydrogens (tertiary/aromatic N) is 2. The van der Waals surface area contributed by atoms with E-state index in [2.05, 4.69) is 5.32 Å². The van der Waals surface area contributed by atoms with Crippen molar-refractivity contribution >= 4 is 52.5 Å². The Balaban J connectivity index is 1.97. The summed E-state index contributed by atoms with van der Waals surface area (Å²) in [4.78, 5) is 12.6. The van der Waals surface area contributed by atoms with Crippen molar-refractivity contribution in [2.45, 2.75) is 13.8 Å². The lowest BCUT2D eigenvalue weighted by Gasteiger charge is -2.11. The topological polar surface area (TPSA) is 57.8 Å². The zero-order valence-electron chi connectivity index (χ0n) is 15.6. The van der Waals surface area contributed by atoms with Crippen molar-refractivity contribution in [3.8, 4) is 11.8 Å². The Bertz CT molecular complexity index is 1170. The number of halogens is 3. The molecule has 0 aliphatic carbocycles. The summed E-state index contributed by atoms with van der Waals surface area (Å²) in [6.07, 6.45) is 1.55. The van der Waals surface area contributed by atoms with E-state index in [9.17, 15) is 10.1 Å². The molecule has 1 N–H and O–H groups in total. The van der Waals surface area contributed by atoms with Crippen molar-refractivity contribution in [3.63, 3.8) is 0 Å². The molecule has 2 aromatic carbocycles. The van der Waals surface area contributed by atoms with Crippen molar-refractivity contribution in [1.29, 1.82) is 5.26 Å². The fraction of sp³-hybridized carbons (Fsp3) is 0.0909. The van der Waals surface area contributed by atoms with Gasteiger partial charge in [-0.25, -0.2) is 0 Å². The maximum Gasteiger partial charge on any atom is 0.266 e. The minimum Gasteiger partial charge on any atom is -0.320 e. The zero-order chi connectivity index (χ0) is 21.1. The molecular formula is C22H16Cl3N3O. The molecule has 1 aromatic heterocycles. The smallest absolute Gasteiger partial charge is 0.266 e. The molecule has 0 atom stereocenters. The van der Waals surface area contributed by atoms with Crippen molar-refractivity contribution in [1.82, 2.24) is 4.57 Å². The van der Waals surface area contributed by atoms with Crippen LogP contribution in [0.3, 0.4) is 0 Å². The van der Waals surface area contributed by atoms with Gasteiger partial charge in [-0.1, -0.05) is 53.0 Å². The molecule has 0 aliphatic heterocycles. The van der Waals surface area contributed by atoms with E-state index in [4.69, 9.17) is 34.8 Å². The number of nitriles is 1. The van der Waals surface area contributed by atoms with Gasteiger partial charge in [-0.2, -0.15) is 5.26 Å². The number of para-hydroxylation sites is 1. The molecule has 1 amide bonds. The summed E-state index contributed by atoms with van der Waals surface area (Å²) in [6.45, 7) is 3.84. The average molecular weight is 445 g/mol. The first kappa shape index (κ1) is 21.0. The summed E-state index contributed by atoms with van der Waals surface area (Å²) in [5.74, 6) is -0.570. The molecular weight excluding hydrogens is 429 g/mol. The van der Waals surface area contributed by atoms with E-state index in [-0.39, 0.29) is 10.6 Å². The van der Waals surface area contributed by atoms with E-state index in [1.807, 2.05) is 54.8 Å². The van der Waals surface area contributed by atoms with E-state index in [1.165, 1.54) is 0 Å². The quantitative estimate of drug-likeness (QED) is 0.364. The summed E-state index contributed by atoms with van der Waals surface area (Å²) in [5.41, 5.74) is 3.64. The fourth-order valence-electron chi connectivity index (χ4n) is 3.03. The van der Waals surface area contributed by atoms with Gasteiger partial charge in [-0.05, 0) is 55.8 Å². The minimum atomic E-state index is -0.570. The van der Waals surface area contributed by atoms with Gasteiger partial charge in [0.05, 0.1) is 26.4 Å². The van der Waals surface area contributed by atoms with Crippen molar-refractivity contribution in [2.24, 2.45) is 0 Å². The maximum atomic E-state index is 12.6. The molecule has 0 fully saturated rings. The van der Waals surface area contributed by atoms with Crippen molar-refractivity contribution in [3.05, 3.63) is 86.1 Å². The van der Waals surface area contributed by atoms with Gasteiger partial charge in [-0.15, -0.1) is 0 Å². The number of carbonyl (C=O) groups excluding carboxylic acids is 1. The largest absolute Gasteiger partial charge is 0.320 e. The Hall–Kier alpha value is -2.71. The van der Waals surface area contributed by atoms with Crippen molar-refractivity contribution in [2.75, 3.05) is 5.32 Å². The lowest BCUT2D eigenvalue weighted by atomic mass is 10.1. The molecule has 0 saturated carbocycles. The third-order valence-electron chi connectivity index (χ3n) is 4.43. The molecule has 29 heavy (non-hydrogen) atoms. The van der Waals surface area contributed by atoms with Crippen LogP contribution in [0.1, 0.15) is 17.0 Å². The third kappa shape index (κ3) is 4.33. The lowest BCUT2D eigenvalue weighted by Crippen LogP contribution is -2.13. The van der Waals surface area contributed by atoms with Crippen LogP contribution < -0.4 is 5.32 Å². The molecule has 146 valence electrons. The van der Waals surface area contributed by atoms with Crippen molar-refractivity contribution < 1.29 is 4.79 Å². The van der Waals surface area contributed by atoms with Crippen LogP contribution in [0, 0.1) is 25.2 Å².